The molecule has 0 radical (unpaired) electrons. The van der Waals surface area contributed by atoms with E-state index >= 15 is 0 Å². The molecular weight excluding hydrogens is 304 g/mol. The van der Waals surface area contributed by atoms with E-state index in [9.17, 15) is 9.90 Å². The van der Waals surface area contributed by atoms with Gasteiger partial charge in [-0.2, -0.15) is 0 Å². The fourth-order valence-electron chi connectivity index (χ4n) is 4.06. The molecule has 6 heteroatoms. The Bertz CT molecular complexity index is 547. The summed E-state index contributed by atoms with van der Waals surface area (Å²) in [5.41, 5.74) is -0.587. The minimum Gasteiger partial charge on any atom is -0.390 e. The second kappa shape index (κ2) is 6.20. The van der Waals surface area contributed by atoms with Gasteiger partial charge in [0.25, 0.3) is 0 Å². The highest BCUT2D eigenvalue weighted by Crippen LogP contribution is 2.44. The van der Waals surface area contributed by atoms with E-state index in [1.807, 2.05) is 11.8 Å². The SMILES string of the molecule is CC[C@]1(O)CCC[C@H]2CN(C(=O)CCc3cc(Cl)no3)C[C@H]21. The van der Waals surface area contributed by atoms with Crippen molar-refractivity contribution in [3.05, 3.63) is 17.0 Å². The molecule has 2 aliphatic rings. The van der Waals surface area contributed by atoms with Crippen LogP contribution in [0.2, 0.25) is 5.15 Å². The predicted molar refractivity (Wildman–Crippen MR) is 82.5 cm³/mol. The van der Waals surface area contributed by atoms with E-state index in [-0.39, 0.29) is 11.8 Å². The molecule has 1 saturated heterocycles. The molecule has 0 bridgehead atoms. The van der Waals surface area contributed by atoms with Crippen LogP contribution in [-0.4, -0.2) is 39.8 Å². The van der Waals surface area contributed by atoms with E-state index in [0.717, 1.165) is 32.2 Å². The highest BCUT2D eigenvalue weighted by Gasteiger charge is 2.48. The van der Waals surface area contributed by atoms with Gasteiger partial charge in [0.1, 0.15) is 5.76 Å². The Morgan fingerprint density at radius 2 is 2.41 bits per heavy atom. The highest BCUT2D eigenvalue weighted by molar-refractivity contribution is 6.29. The maximum absolute atomic E-state index is 12.4. The number of likely N-dealkylation sites (tertiary alicyclic amines) is 1. The van der Waals surface area contributed by atoms with Crippen molar-refractivity contribution >= 4 is 17.5 Å². The highest BCUT2D eigenvalue weighted by atomic mass is 35.5. The van der Waals surface area contributed by atoms with Crippen LogP contribution in [0.1, 0.15) is 44.8 Å². The average molecular weight is 327 g/mol. The van der Waals surface area contributed by atoms with Gasteiger partial charge in [-0.05, 0) is 25.2 Å². The van der Waals surface area contributed by atoms with Crippen LogP contribution in [0.15, 0.2) is 10.6 Å². The number of fused-ring (bicyclic) bond motifs is 1. The molecule has 1 N–H and O–H groups in total. The topological polar surface area (TPSA) is 66.6 Å². The van der Waals surface area contributed by atoms with Gasteiger partial charge in [0, 0.05) is 37.9 Å². The molecule has 1 aliphatic carbocycles. The molecule has 1 aromatic rings. The number of aryl methyl sites for hydroxylation is 1. The number of aromatic nitrogens is 1. The third-order valence-corrected chi connectivity index (χ3v) is 5.57. The van der Waals surface area contributed by atoms with E-state index in [1.165, 1.54) is 0 Å². The molecule has 2 fully saturated rings. The van der Waals surface area contributed by atoms with Crippen LogP contribution in [0.4, 0.5) is 0 Å². The van der Waals surface area contributed by atoms with Gasteiger partial charge in [0.05, 0.1) is 5.60 Å². The van der Waals surface area contributed by atoms with Gasteiger partial charge in [-0.3, -0.25) is 4.79 Å². The minimum absolute atomic E-state index is 0.125. The maximum atomic E-state index is 12.4. The molecule has 0 unspecified atom stereocenters. The lowest BCUT2D eigenvalue weighted by Crippen LogP contribution is -2.44. The summed E-state index contributed by atoms with van der Waals surface area (Å²) in [4.78, 5) is 14.3. The van der Waals surface area contributed by atoms with Crippen LogP contribution >= 0.6 is 11.6 Å². The summed E-state index contributed by atoms with van der Waals surface area (Å²) in [5.74, 6) is 1.44. The van der Waals surface area contributed by atoms with Crippen molar-refractivity contribution in [1.29, 1.82) is 0 Å². The van der Waals surface area contributed by atoms with Crippen molar-refractivity contribution in [3.8, 4) is 0 Å². The number of nitrogens with zero attached hydrogens (tertiary/aromatic N) is 2. The number of aliphatic hydroxyl groups is 1. The van der Waals surface area contributed by atoms with Crippen molar-refractivity contribution in [3.63, 3.8) is 0 Å². The zero-order chi connectivity index (χ0) is 15.7. The van der Waals surface area contributed by atoms with Crippen molar-refractivity contribution < 1.29 is 14.4 Å². The molecule has 122 valence electrons. The number of hydrogen-bond acceptors (Lipinski definition) is 4. The first-order chi connectivity index (χ1) is 10.5. The quantitative estimate of drug-likeness (QED) is 0.923. The molecule has 3 atom stereocenters. The fraction of sp³-hybridized carbons (Fsp3) is 0.750. The lowest BCUT2D eigenvalue weighted by atomic mass is 9.69. The first-order valence-electron chi connectivity index (χ1n) is 8.13. The van der Waals surface area contributed by atoms with Crippen LogP contribution in [0.5, 0.6) is 0 Å². The van der Waals surface area contributed by atoms with Crippen molar-refractivity contribution in [2.75, 3.05) is 13.1 Å². The lowest BCUT2D eigenvalue weighted by molar-refractivity contribution is -0.130. The predicted octanol–water partition coefficient (Wildman–Crippen LogP) is 2.66. The average Bonchev–Trinajstić information content (AvgIpc) is 3.12. The van der Waals surface area contributed by atoms with Gasteiger partial charge in [-0.15, -0.1) is 0 Å². The Kier molecular flexibility index (Phi) is 4.46. The third kappa shape index (κ3) is 3.01. The number of rotatable bonds is 4. The number of hydrogen-bond donors (Lipinski definition) is 1. The monoisotopic (exact) mass is 326 g/mol. The second-order valence-corrected chi connectivity index (χ2v) is 7.02. The molecule has 0 spiro atoms. The van der Waals surface area contributed by atoms with E-state index < -0.39 is 5.60 Å². The molecule has 2 heterocycles. The molecular formula is C16H23ClN2O3. The van der Waals surface area contributed by atoms with Gasteiger partial charge in [0.2, 0.25) is 5.91 Å². The number of carbonyl (C=O) groups is 1. The standard InChI is InChI=1S/C16H23ClN2O3/c1-2-16(21)7-3-4-11-9-19(10-13(11)16)15(20)6-5-12-8-14(17)18-22-12/h8,11,13,21H,2-7,9-10H2,1H3/t11-,13+,16-/m0/s1. The second-order valence-electron chi connectivity index (χ2n) is 6.63. The van der Waals surface area contributed by atoms with E-state index in [2.05, 4.69) is 5.16 Å². The number of carbonyl (C=O) groups excluding carboxylic acids is 1. The summed E-state index contributed by atoms with van der Waals surface area (Å²) >= 11 is 5.70. The number of halogens is 1. The van der Waals surface area contributed by atoms with Crippen LogP contribution in [0.3, 0.4) is 0 Å². The zero-order valence-corrected chi connectivity index (χ0v) is 13.7. The molecule has 0 aromatic carbocycles. The normalized spacial score (nSPS) is 31.3. The van der Waals surface area contributed by atoms with Gasteiger partial charge < -0.3 is 14.5 Å². The molecule has 1 aliphatic heterocycles. The van der Waals surface area contributed by atoms with E-state index in [0.29, 0.717) is 36.2 Å². The summed E-state index contributed by atoms with van der Waals surface area (Å²) in [6, 6.07) is 1.65. The zero-order valence-electron chi connectivity index (χ0n) is 12.9. The Morgan fingerprint density at radius 3 is 3.09 bits per heavy atom. The summed E-state index contributed by atoms with van der Waals surface area (Å²) in [6.07, 6.45) is 4.73. The lowest BCUT2D eigenvalue weighted by Gasteiger charge is -2.40. The Balaban J connectivity index is 1.58. The fourth-order valence-corrected chi connectivity index (χ4v) is 4.22. The molecule has 5 nitrogen and oxygen atoms in total. The van der Waals surface area contributed by atoms with Crippen LogP contribution in [0, 0.1) is 11.8 Å². The van der Waals surface area contributed by atoms with E-state index in [1.54, 1.807) is 6.07 Å². The first kappa shape index (κ1) is 15.8. The van der Waals surface area contributed by atoms with Crippen molar-refractivity contribution in [1.82, 2.24) is 10.1 Å². The van der Waals surface area contributed by atoms with Gasteiger partial charge in [0.15, 0.2) is 5.15 Å². The molecule has 3 rings (SSSR count). The van der Waals surface area contributed by atoms with Crippen LogP contribution in [-0.2, 0) is 11.2 Å². The molecule has 22 heavy (non-hydrogen) atoms. The first-order valence-corrected chi connectivity index (χ1v) is 8.51. The van der Waals surface area contributed by atoms with Gasteiger partial charge in [-0.1, -0.05) is 30.1 Å². The maximum Gasteiger partial charge on any atom is 0.223 e. The van der Waals surface area contributed by atoms with Gasteiger partial charge in [-0.25, -0.2) is 0 Å². The minimum atomic E-state index is -0.587. The van der Waals surface area contributed by atoms with Gasteiger partial charge >= 0.3 is 0 Å². The molecule has 1 saturated carbocycles. The van der Waals surface area contributed by atoms with Crippen LogP contribution in [0.25, 0.3) is 0 Å². The summed E-state index contributed by atoms with van der Waals surface area (Å²) in [7, 11) is 0. The number of amides is 1. The summed E-state index contributed by atoms with van der Waals surface area (Å²) < 4.78 is 5.03. The molecule has 1 amide bonds. The summed E-state index contributed by atoms with van der Waals surface area (Å²) in [6.45, 7) is 3.51. The summed E-state index contributed by atoms with van der Waals surface area (Å²) in [5, 5.41) is 14.7. The van der Waals surface area contributed by atoms with Crippen molar-refractivity contribution in [2.24, 2.45) is 11.8 Å². The molecule has 1 aromatic heterocycles. The smallest absolute Gasteiger partial charge is 0.223 e. The Hall–Kier alpha value is -1.07. The largest absolute Gasteiger partial charge is 0.390 e. The van der Waals surface area contributed by atoms with E-state index in [4.69, 9.17) is 16.1 Å². The Labute approximate surface area is 135 Å². The third-order valence-electron chi connectivity index (χ3n) is 5.40. The van der Waals surface area contributed by atoms with Crippen molar-refractivity contribution in [2.45, 2.75) is 51.0 Å². The Morgan fingerprint density at radius 1 is 1.59 bits per heavy atom. The van der Waals surface area contributed by atoms with Crippen LogP contribution < -0.4 is 0 Å².